The lowest BCUT2D eigenvalue weighted by Crippen LogP contribution is -2.42. The number of nitrogens with one attached hydrogen (secondary N) is 1. The van der Waals surface area contributed by atoms with Gasteiger partial charge in [-0.3, -0.25) is 0 Å². The molecular formula is C18H27NO2. The Hall–Kier alpha value is -1.32. The molecule has 1 aliphatic rings. The zero-order chi connectivity index (χ0) is 15.3. The summed E-state index contributed by atoms with van der Waals surface area (Å²) < 4.78 is 5.64. The van der Waals surface area contributed by atoms with Gasteiger partial charge in [0.25, 0.3) is 0 Å². The van der Waals surface area contributed by atoms with Crippen molar-refractivity contribution in [2.45, 2.75) is 51.7 Å². The Bertz CT molecular complexity index is 471. The second-order valence-corrected chi connectivity index (χ2v) is 6.74. The van der Waals surface area contributed by atoms with E-state index in [4.69, 9.17) is 4.74 Å². The molecule has 0 spiro atoms. The number of hydrogen-bond donors (Lipinski definition) is 2. The van der Waals surface area contributed by atoms with E-state index in [1.807, 2.05) is 12.1 Å². The first kappa shape index (κ1) is 16.1. The van der Waals surface area contributed by atoms with Crippen molar-refractivity contribution in [1.29, 1.82) is 0 Å². The van der Waals surface area contributed by atoms with E-state index in [9.17, 15) is 5.11 Å². The quantitative estimate of drug-likeness (QED) is 0.843. The van der Waals surface area contributed by atoms with Crippen molar-refractivity contribution < 1.29 is 9.84 Å². The van der Waals surface area contributed by atoms with E-state index < -0.39 is 6.10 Å². The molecule has 1 aromatic carbocycles. The van der Waals surface area contributed by atoms with Gasteiger partial charge in [0.15, 0.2) is 0 Å². The lowest BCUT2D eigenvalue weighted by molar-refractivity contribution is 0.100. The monoisotopic (exact) mass is 289 g/mol. The summed E-state index contributed by atoms with van der Waals surface area (Å²) >= 11 is 0. The van der Waals surface area contributed by atoms with Crippen molar-refractivity contribution in [2.24, 2.45) is 0 Å². The SMILES string of the molecule is CC(C)(C)NCC(O)COc1ccc(C2=CCCC2)cc1. The number of aliphatic hydroxyl groups excluding tert-OH is 1. The Morgan fingerprint density at radius 2 is 1.95 bits per heavy atom. The number of rotatable bonds is 6. The van der Waals surface area contributed by atoms with E-state index in [1.54, 1.807) is 0 Å². The van der Waals surface area contributed by atoms with E-state index in [0.29, 0.717) is 13.2 Å². The third-order valence-corrected chi connectivity index (χ3v) is 3.58. The molecule has 3 heteroatoms. The average molecular weight is 289 g/mol. The summed E-state index contributed by atoms with van der Waals surface area (Å²) in [5.74, 6) is 0.812. The van der Waals surface area contributed by atoms with Gasteiger partial charge in [-0.05, 0) is 63.3 Å². The number of aliphatic hydroxyl groups is 1. The van der Waals surface area contributed by atoms with Crippen LogP contribution in [0.25, 0.3) is 5.57 Å². The summed E-state index contributed by atoms with van der Waals surface area (Å²) in [5, 5.41) is 13.2. The second kappa shape index (κ2) is 7.10. The smallest absolute Gasteiger partial charge is 0.119 e. The molecule has 0 saturated heterocycles. The maximum Gasteiger partial charge on any atom is 0.119 e. The minimum absolute atomic E-state index is 0.0115. The molecule has 0 aliphatic heterocycles. The third kappa shape index (κ3) is 5.52. The highest BCUT2D eigenvalue weighted by Crippen LogP contribution is 2.28. The Labute approximate surface area is 128 Å². The summed E-state index contributed by atoms with van der Waals surface area (Å²) in [4.78, 5) is 0. The summed E-state index contributed by atoms with van der Waals surface area (Å²) in [6, 6.07) is 8.18. The highest BCUT2D eigenvalue weighted by Gasteiger charge is 2.13. The van der Waals surface area contributed by atoms with Crippen LogP contribution in [-0.2, 0) is 0 Å². The van der Waals surface area contributed by atoms with Crippen LogP contribution in [0.5, 0.6) is 5.75 Å². The summed E-state index contributed by atoms with van der Waals surface area (Å²) in [7, 11) is 0. The maximum absolute atomic E-state index is 9.90. The Morgan fingerprint density at radius 1 is 1.24 bits per heavy atom. The number of benzene rings is 1. The number of β-amino-alcohol motifs (C(OH)–C–C–N with tert-alkyl or cyclic N) is 1. The van der Waals surface area contributed by atoms with Gasteiger partial charge in [0, 0.05) is 12.1 Å². The van der Waals surface area contributed by atoms with E-state index in [-0.39, 0.29) is 5.54 Å². The molecule has 1 aromatic rings. The largest absolute Gasteiger partial charge is 0.491 e. The van der Waals surface area contributed by atoms with Crippen molar-refractivity contribution in [3.05, 3.63) is 35.9 Å². The molecule has 1 atom stereocenters. The van der Waals surface area contributed by atoms with Gasteiger partial charge < -0.3 is 15.2 Å². The standard InChI is InChI=1S/C18H27NO2/c1-18(2,3)19-12-16(20)13-21-17-10-8-15(9-11-17)14-6-4-5-7-14/h6,8-11,16,19-20H,4-5,7,12-13H2,1-3H3. The molecule has 3 nitrogen and oxygen atoms in total. The van der Waals surface area contributed by atoms with Gasteiger partial charge in [-0.1, -0.05) is 18.2 Å². The van der Waals surface area contributed by atoms with Crippen LogP contribution in [0.1, 0.15) is 45.6 Å². The van der Waals surface area contributed by atoms with Crippen molar-refractivity contribution in [2.75, 3.05) is 13.2 Å². The van der Waals surface area contributed by atoms with Crippen LogP contribution in [0.2, 0.25) is 0 Å². The molecule has 0 bridgehead atoms. The molecule has 1 aliphatic carbocycles. The summed E-state index contributed by atoms with van der Waals surface area (Å²) in [5.41, 5.74) is 2.74. The molecule has 0 amide bonds. The molecule has 0 aromatic heterocycles. The predicted octanol–water partition coefficient (Wildman–Crippen LogP) is 3.38. The molecular weight excluding hydrogens is 262 g/mol. The number of hydrogen-bond acceptors (Lipinski definition) is 3. The first-order valence-corrected chi connectivity index (χ1v) is 7.79. The fraction of sp³-hybridized carbons (Fsp3) is 0.556. The highest BCUT2D eigenvalue weighted by atomic mass is 16.5. The normalized spacial score (nSPS) is 16.7. The van der Waals surface area contributed by atoms with E-state index in [1.165, 1.54) is 30.4 Å². The fourth-order valence-corrected chi connectivity index (χ4v) is 2.37. The Kier molecular flexibility index (Phi) is 5.43. The summed E-state index contributed by atoms with van der Waals surface area (Å²) in [6.45, 7) is 7.09. The van der Waals surface area contributed by atoms with Gasteiger partial charge in [-0.15, -0.1) is 0 Å². The first-order chi connectivity index (χ1) is 9.94. The molecule has 0 saturated carbocycles. The molecule has 0 radical (unpaired) electrons. The minimum atomic E-state index is -0.499. The maximum atomic E-state index is 9.90. The van der Waals surface area contributed by atoms with Crippen LogP contribution in [-0.4, -0.2) is 29.9 Å². The van der Waals surface area contributed by atoms with E-state index >= 15 is 0 Å². The Balaban J connectivity index is 1.78. The van der Waals surface area contributed by atoms with Crippen molar-refractivity contribution in [3.8, 4) is 5.75 Å². The number of ether oxygens (including phenoxy) is 1. The van der Waals surface area contributed by atoms with Gasteiger partial charge in [0.05, 0.1) is 0 Å². The lowest BCUT2D eigenvalue weighted by Gasteiger charge is -2.23. The van der Waals surface area contributed by atoms with Gasteiger partial charge in [0.1, 0.15) is 18.5 Å². The van der Waals surface area contributed by atoms with Crippen LogP contribution < -0.4 is 10.1 Å². The fourth-order valence-electron chi connectivity index (χ4n) is 2.37. The molecule has 2 N–H and O–H groups in total. The van der Waals surface area contributed by atoms with E-state index in [2.05, 4.69) is 44.3 Å². The lowest BCUT2D eigenvalue weighted by atomic mass is 10.1. The molecule has 2 rings (SSSR count). The van der Waals surface area contributed by atoms with Gasteiger partial charge >= 0.3 is 0 Å². The van der Waals surface area contributed by atoms with Crippen LogP contribution in [0.15, 0.2) is 30.3 Å². The van der Waals surface area contributed by atoms with Gasteiger partial charge in [-0.25, -0.2) is 0 Å². The average Bonchev–Trinajstić information content (AvgIpc) is 2.97. The molecule has 0 fully saturated rings. The minimum Gasteiger partial charge on any atom is -0.491 e. The van der Waals surface area contributed by atoms with Gasteiger partial charge in [-0.2, -0.15) is 0 Å². The highest BCUT2D eigenvalue weighted by molar-refractivity contribution is 5.67. The van der Waals surface area contributed by atoms with Crippen LogP contribution >= 0.6 is 0 Å². The third-order valence-electron chi connectivity index (χ3n) is 3.58. The molecule has 116 valence electrons. The zero-order valence-electron chi connectivity index (χ0n) is 13.4. The van der Waals surface area contributed by atoms with Crippen LogP contribution in [0.4, 0.5) is 0 Å². The first-order valence-electron chi connectivity index (χ1n) is 7.79. The molecule has 21 heavy (non-hydrogen) atoms. The molecule has 0 heterocycles. The van der Waals surface area contributed by atoms with E-state index in [0.717, 1.165) is 5.75 Å². The predicted molar refractivity (Wildman–Crippen MR) is 87.5 cm³/mol. The van der Waals surface area contributed by atoms with Crippen molar-refractivity contribution in [3.63, 3.8) is 0 Å². The van der Waals surface area contributed by atoms with Crippen LogP contribution in [0, 0.1) is 0 Å². The summed E-state index contributed by atoms with van der Waals surface area (Å²) in [6.07, 6.45) is 5.46. The second-order valence-electron chi connectivity index (χ2n) is 6.74. The Morgan fingerprint density at radius 3 is 2.52 bits per heavy atom. The molecule has 1 unspecified atom stereocenters. The van der Waals surface area contributed by atoms with Crippen molar-refractivity contribution in [1.82, 2.24) is 5.32 Å². The number of allylic oxidation sites excluding steroid dienone is 2. The zero-order valence-corrected chi connectivity index (χ0v) is 13.4. The van der Waals surface area contributed by atoms with Gasteiger partial charge in [0.2, 0.25) is 0 Å². The van der Waals surface area contributed by atoms with Crippen LogP contribution in [0.3, 0.4) is 0 Å². The van der Waals surface area contributed by atoms with Crippen molar-refractivity contribution >= 4 is 5.57 Å². The topological polar surface area (TPSA) is 41.5 Å².